The maximum atomic E-state index is 13.3. The minimum Gasteiger partial charge on any atom is -0.486 e. The van der Waals surface area contributed by atoms with Gasteiger partial charge in [-0.2, -0.15) is 0 Å². The van der Waals surface area contributed by atoms with Crippen LogP contribution in [0.3, 0.4) is 0 Å². The van der Waals surface area contributed by atoms with Gasteiger partial charge < -0.3 is 19.4 Å². The van der Waals surface area contributed by atoms with E-state index in [1.807, 2.05) is 0 Å². The number of hydrogen-bond donors (Lipinski definition) is 1. The van der Waals surface area contributed by atoms with E-state index in [4.69, 9.17) is 9.47 Å². The van der Waals surface area contributed by atoms with Crippen molar-refractivity contribution in [3.05, 3.63) is 89.0 Å². The molecular weight excluding hydrogens is 475 g/mol. The first-order valence-electron chi connectivity index (χ1n) is 10.7. The van der Waals surface area contributed by atoms with Gasteiger partial charge in [0.05, 0.1) is 10.4 Å². The van der Waals surface area contributed by atoms with E-state index in [0.29, 0.717) is 35.9 Å². The predicted molar refractivity (Wildman–Crippen MR) is 126 cm³/mol. The Kier molecular flexibility index (Phi) is 5.73. The summed E-state index contributed by atoms with van der Waals surface area (Å²) in [6, 6.07) is 15.6. The van der Waals surface area contributed by atoms with Gasteiger partial charge in [0.1, 0.15) is 30.5 Å². The number of sulfone groups is 1. The zero-order valence-corrected chi connectivity index (χ0v) is 19.0. The second kappa shape index (κ2) is 8.88. The van der Waals surface area contributed by atoms with Crippen LogP contribution in [0.2, 0.25) is 0 Å². The maximum absolute atomic E-state index is 13.3. The number of amides is 1. The molecule has 0 saturated carbocycles. The predicted octanol–water partition coefficient (Wildman–Crippen LogP) is 3.38. The summed E-state index contributed by atoms with van der Waals surface area (Å²) in [4.78, 5) is 25.2. The van der Waals surface area contributed by atoms with Crippen molar-refractivity contribution >= 4 is 32.3 Å². The molecule has 0 aliphatic carbocycles. The Hall–Kier alpha value is -4.18. The summed E-state index contributed by atoms with van der Waals surface area (Å²) < 4.78 is 52.2. The number of rotatable bonds is 5. The number of aromatic nitrogens is 1. The monoisotopic (exact) mass is 494 g/mol. The molecule has 1 aliphatic heterocycles. The standard InChI is InChI=1S/C25H19FN2O6S/c26-16-5-8-18(9-6-16)35(31,32)23-14-28(20-4-2-1-3-19(20)25(23)30)15-24(29)27-17-7-10-21-22(13-17)34-12-11-33-21/h1-10,13-14H,11-12,15H2,(H,27,29). The van der Waals surface area contributed by atoms with Crippen molar-refractivity contribution in [2.24, 2.45) is 0 Å². The molecule has 0 radical (unpaired) electrons. The number of benzene rings is 3. The molecule has 0 atom stereocenters. The lowest BCUT2D eigenvalue weighted by Gasteiger charge is -2.19. The van der Waals surface area contributed by atoms with Crippen LogP contribution < -0.4 is 20.2 Å². The van der Waals surface area contributed by atoms with Crippen LogP contribution >= 0.6 is 0 Å². The van der Waals surface area contributed by atoms with Gasteiger partial charge in [0.2, 0.25) is 21.2 Å². The van der Waals surface area contributed by atoms with Gasteiger partial charge in [0.15, 0.2) is 11.5 Å². The zero-order valence-electron chi connectivity index (χ0n) is 18.2. The van der Waals surface area contributed by atoms with Gasteiger partial charge in [0.25, 0.3) is 0 Å². The zero-order chi connectivity index (χ0) is 24.6. The Bertz CT molecular complexity index is 1610. The molecule has 8 nitrogen and oxygen atoms in total. The van der Waals surface area contributed by atoms with Crippen molar-refractivity contribution in [3.8, 4) is 11.5 Å². The van der Waals surface area contributed by atoms with E-state index >= 15 is 0 Å². The molecule has 0 saturated heterocycles. The quantitative estimate of drug-likeness (QED) is 0.427. The van der Waals surface area contributed by atoms with Crippen molar-refractivity contribution in [2.45, 2.75) is 16.3 Å². The van der Waals surface area contributed by atoms with E-state index < -0.39 is 31.9 Å². The summed E-state index contributed by atoms with van der Waals surface area (Å²) >= 11 is 0. The van der Waals surface area contributed by atoms with Crippen LogP contribution in [0.5, 0.6) is 11.5 Å². The van der Waals surface area contributed by atoms with Crippen molar-refractivity contribution < 1.29 is 27.1 Å². The lowest BCUT2D eigenvalue weighted by atomic mass is 10.2. The molecule has 178 valence electrons. The summed E-state index contributed by atoms with van der Waals surface area (Å²) in [5.41, 5.74) is 0.171. The molecule has 0 bridgehead atoms. The highest BCUT2D eigenvalue weighted by Gasteiger charge is 2.24. The van der Waals surface area contributed by atoms with E-state index in [9.17, 15) is 22.4 Å². The summed E-state index contributed by atoms with van der Waals surface area (Å²) in [6.07, 6.45) is 1.15. The summed E-state index contributed by atoms with van der Waals surface area (Å²) in [5.74, 6) is 0.0446. The first-order chi connectivity index (χ1) is 16.8. The molecule has 10 heteroatoms. The van der Waals surface area contributed by atoms with Gasteiger partial charge in [-0.15, -0.1) is 0 Å². The van der Waals surface area contributed by atoms with Gasteiger partial charge in [-0.3, -0.25) is 9.59 Å². The van der Waals surface area contributed by atoms with Crippen LogP contribution in [-0.4, -0.2) is 32.1 Å². The summed E-state index contributed by atoms with van der Waals surface area (Å²) in [5, 5.41) is 2.89. The fourth-order valence-corrected chi connectivity index (χ4v) is 5.23. The van der Waals surface area contributed by atoms with Gasteiger partial charge in [-0.05, 0) is 48.5 Å². The Labute approximate surface area is 199 Å². The summed E-state index contributed by atoms with van der Waals surface area (Å²) in [6.45, 7) is 0.585. The van der Waals surface area contributed by atoms with Crippen LogP contribution in [0.4, 0.5) is 10.1 Å². The molecular formula is C25H19FN2O6S. The number of nitrogens with one attached hydrogen (secondary N) is 1. The molecule has 1 aliphatic rings. The van der Waals surface area contributed by atoms with E-state index in [0.717, 1.165) is 30.5 Å². The number of hydrogen-bond acceptors (Lipinski definition) is 6. The van der Waals surface area contributed by atoms with Crippen LogP contribution in [0.1, 0.15) is 0 Å². The molecule has 1 N–H and O–H groups in total. The van der Waals surface area contributed by atoms with Crippen molar-refractivity contribution in [3.63, 3.8) is 0 Å². The molecule has 5 rings (SSSR count). The second-order valence-corrected chi connectivity index (χ2v) is 9.75. The fourth-order valence-electron chi connectivity index (χ4n) is 3.86. The topological polar surface area (TPSA) is 104 Å². The fraction of sp³-hybridized carbons (Fsp3) is 0.120. The molecule has 35 heavy (non-hydrogen) atoms. The SMILES string of the molecule is O=C(Cn1cc(S(=O)(=O)c2ccc(F)cc2)c(=O)c2ccccc21)Nc1ccc2c(c1)OCCO2. The number of pyridine rings is 1. The second-order valence-electron chi connectivity index (χ2n) is 7.83. The molecule has 0 unspecified atom stereocenters. The largest absolute Gasteiger partial charge is 0.486 e. The number of fused-ring (bicyclic) bond motifs is 2. The number of carbonyl (C=O) groups excluding carboxylic acids is 1. The normalized spacial score (nSPS) is 12.9. The first-order valence-corrected chi connectivity index (χ1v) is 12.1. The Morgan fingerprint density at radius 1 is 0.971 bits per heavy atom. The number of para-hydroxylation sites is 1. The number of ether oxygens (including phenoxy) is 2. The van der Waals surface area contributed by atoms with Gasteiger partial charge >= 0.3 is 0 Å². The number of nitrogens with zero attached hydrogens (tertiary/aromatic N) is 1. The number of anilines is 1. The van der Waals surface area contributed by atoms with E-state index in [-0.39, 0.29) is 16.8 Å². The third kappa shape index (κ3) is 4.35. The molecule has 0 fully saturated rings. The average Bonchev–Trinajstić information content (AvgIpc) is 2.86. The Morgan fingerprint density at radius 2 is 1.69 bits per heavy atom. The summed E-state index contributed by atoms with van der Waals surface area (Å²) in [7, 11) is -4.27. The lowest BCUT2D eigenvalue weighted by Crippen LogP contribution is -2.24. The molecule has 1 amide bonds. The third-order valence-corrected chi connectivity index (χ3v) is 7.27. The average molecular weight is 495 g/mol. The van der Waals surface area contributed by atoms with Crippen molar-refractivity contribution in [1.29, 1.82) is 0 Å². The molecule has 0 spiro atoms. The number of halogens is 1. The molecule has 1 aromatic heterocycles. The van der Waals surface area contributed by atoms with Crippen molar-refractivity contribution in [2.75, 3.05) is 18.5 Å². The van der Waals surface area contributed by atoms with Gasteiger partial charge in [-0.1, -0.05) is 12.1 Å². The van der Waals surface area contributed by atoms with Gasteiger partial charge in [0, 0.05) is 23.3 Å². The van der Waals surface area contributed by atoms with Crippen molar-refractivity contribution in [1.82, 2.24) is 4.57 Å². The number of carbonyl (C=O) groups is 1. The smallest absolute Gasteiger partial charge is 0.244 e. The third-order valence-electron chi connectivity index (χ3n) is 5.51. The minimum atomic E-state index is -4.27. The van der Waals surface area contributed by atoms with Crippen LogP contribution in [-0.2, 0) is 21.2 Å². The van der Waals surface area contributed by atoms with Crippen LogP contribution in [0.15, 0.2) is 87.5 Å². The molecule has 3 aromatic carbocycles. The minimum absolute atomic E-state index is 0.141. The lowest BCUT2D eigenvalue weighted by molar-refractivity contribution is -0.116. The Balaban J connectivity index is 1.51. The van der Waals surface area contributed by atoms with E-state index in [1.54, 1.807) is 36.4 Å². The molecule has 4 aromatic rings. The van der Waals surface area contributed by atoms with E-state index in [1.165, 1.54) is 10.6 Å². The first kappa shape index (κ1) is 22.6. The van der Waals surface area contributed by atoms with Gasteiger partial charge in [-0.25, -0.2) is 12.8 Å². The van der Waals surface area contributed by atoms with Crippen LogP contribution in [0, 0.1) is 5.82 Å². The maximum Gasteiger partial charge on any atom is 0.244 e. The highest BCUT2D eigenvalue weighted by Crippen LogP contribution is 2.32. The molecule has 2 heterocycles. The van der Waals surface area contributed by atoms with E-state index in [2.05, 4.69) is 5.32 Å². The Morgan fingerprint density at radius 3 is 2.46 bits per heavy atom. The van der Waals surface area contributed by atoms with Crippen LogP contribution in [0.25, 0.3) is 10.9 Å². The highest BCUT2D eigenvalue weighted by atomic mass is 32.2. The highest BCUT2D eigenvalue weighted by molar-refractivity contribution is 7.91.